The number of aromatic nitrogens is 1. The van der Waals surface area contributed by atoms with E-state index in [2.05, 4.69) is 26.2 Å². The first-order valence-corrected chi connectivity index (χ1v) is 6.90. The molecule has 1 saturated carbocycles. The monoisotopic (exact) mass is 327 g/mol. The molecule has 4 nitrogen and oxygen atoms in total. The van der Waals surface area contributed by atoms with Gasteiger partial charge in [-0.25, -0.2) is 4.98 Å². The number of nitrogens with two attached hydrogens (primary N) is 1. The second-order valence-corrected chi connectivity index (χ2v) is 5.81. The maximum Gasteiger partial charge on any atom is 0.238 e. The Hall–Kier alpha value is -1.01. The summed E-state index contributed by atoms with van der Waals surface area (Å²) >= 11 is 8.38. The summed E-state index contributed by atoms with van der Waals surface area (Å²) in [5, 5.41) is 2.80. The van der Waals surface area contributed by atoms with E-state index in [0.717, 1.165) is 29.4 Å². The lowest BCUT2D eigenvalue weighted by Crippen LogP contribution is -2.50. The minimum atomic E-state index is -0.669. The molecule has 0 aliphatic heterocycles. The van der Waals surface area contributed by atoms with E-state index < -0.39 is 5.41 Å². The summed E-state index contributed by atoms with van der Waals surface area (Å²) in [6.07, 6.45) is 2.44. The third kappa shape index (κ3) is 2.27. The minimum absolute atomic E-state index is 0.143. The molecule has 1 heterocycles. The fourth-order valence-corrected chi connectivity index (χ4v) is 2.48. The summed E-state index contributed by atoms with van der Waals surface area (Å²) in [7, 11) is 0. The van der Waals surface area contributed by atoms with Crippen LogP contribution in [0.1, 0.15) is 25.0 Å². The number of halogens is 1. The second-order valence-electron chi connectivity index (χ2n) is 4.52. The molecule has 0 unspecified atom stereocenters. The maximum atomic E-state index is 12.2. The molecule has 1 aromatic heterocycles. The van der Waals surface area contributed by atoms with Crippen LogP contribution in [0.2, 0.25) is 0 Å². The van der Waals surface area contributed by atoms with Crippen molar-refractivity contribution in [2.45, 2.75) is 26.2 Å². The fourth-order valence-electron chi connectivity index (χ4n) is 1.97. The number of amides is 1. The van der Waals surface area contributed by atoms with Gasteiger partial charge < -0.3 is 11.1 Å². The van der Waals surface area contributed by atoms with E-state index in [0.29, 0.717) is 5.82 Å². The molecule has 0 radical (unpaired) electrons. The molecular weight excluding hydrogens is 314 g/mol. The van der Waals surface area contributed by atoms with Crippen LogP contribution < -0.4 is 11.1 Å². The highest BCUT2D eigenvalue weighted by Gasteiger charge is 2.47. The number of pyridine rings is 1. The average molecular weight is 328 g/mol. The molecule has 0 spiro atoms. The first-order chi connectivity index (χ1) is 8.45. The molecule has 0 atom stereocenters. The number of thiocarbonyl (C=S) groups is 1. The molecule has 2 rings (SSSR count). The van der Waals surface area contributed by atoms with Crippen LogP contribution in [0.4, 0.5) is 5.82 Å². The van der Waals surface area contributed by atoms with Crippen LogP contribution in [-0.2, 0) is 4.79 Å². The van der Waals surface area contributed by atoms with Crippen molar-refractivity contribution in [1.82, 2.24) is 4.98 Å². The van der Waals surface area contributed by atoms with Crippen LogP contribution >= 0.6 is 28.1 Å². The van der Waals surface area contributed by atoms with Crippen LogP contribution in [0.15, 0.2) is 16.6 Å². The van der Waals surface area contributed by atoms with E-state index in [1.807, 2.05) is 13.0 Å². The van der Waals surface area contributed by atoms with Gasteiger partial charge >= 0.3 is 0 Å². The molecule has 6 heteroatoms. The molecular formula is C12H14BrN3OS. The summed E-state index contributed by atoms with van der Waals surface area (Å²) < 4.78 is 0.910. The Morgan fingerprint density at radius 1 is 1.56 bits per heavy atom. The number of carbonyl (C=O) groups is 1. The molecule has 1 aliphatic rings. The number of anilines is 1. The lowest BCUT2D eigenvalue weighted by atomic mass is 9.68. The number of nitrogens with one attached hydrogen (secondary N) is 1. The van der Waals surface area contributed by atoms with Crippen molar-refractivity contribution in [1.29, 1.82) is 0 Å². The number of aryl methyl sites for hydroxylation is 1. The van der Waals surface area contributed by atoms with Gasteiger partial charge in [-0.3, -0.25) is 4.79 Å². The quantitative estimate of drug-likeness (QED) is 0.837. The molecule has 1 aliphatic carbocycles. The highest BCUT2D eigenvalue weighted by atomic mass is 79.9. The third-order valence-corrected chi connectivity index (χ3v) is 4.61. The summed E-state index contributed by atoms with van der Waals surface area (Å²) in [5.74, 6) is 0.388. The number of rotatable bonds is 3. The van der Waals surface area contributed by atoms with Crippen molar-refractivity contribution >= 4 is 44.9 Å². The molecule has 1 aromatic rings. The van der Waals surface area contributed by atoms with Crippen LogP contribution in [-0.4, -0.2) is 15.9 Å². The lowest BCUT2D eigenvalue weighted by Gasteiger charge is -2.38. The molecule has 3 N–H and O–H groups in total. The Bertz CT molecular complexity index is 514. The number of hydrogen-bond donors (Lipinski definition) is 2. The first kappa shape index (κ1) is 13.4. The zero-order chi connectivity index (χ0) is 13.3. The van der Waals surface area contributed by atoms with Gasteiger partial charge in [-0.1, -0.05) is 18.6 Å². The molecule has 0 bridgehead atoms. The van der Waals surface area contributed by atoms with Crippen molar-refractivity contribution in [3.63, 3.8) is 0 Å². The standard InChI is InChI=1S/C12H14BrN3OS/c1-7-8(13)3-4-9(15-7)16-11(17)12(10(14)18)5-2-6-12/h3-4H,2,5-6H2,1H3,(H2,14,18)(H,15,16,17). The Labute approximate surface area is 119 Å². The third-order valence-electron chi connectivity index (χ3n) is 3.38. The van der Waals surface area contributed by atoms with E-state index in [1.54, 1.807) is 6.07 Å². The largest absolute Gasteiger partial charge is 0.392 e. The van der Waals surface area contributed by atoms with E-state index >= 15 is 0 Å². The van der Waals surface area contributed by atoms with Crippen LogP contribution in [0.5, 0.6) is 0 Å². The van der Waals surface area contributed by atoms with Crippen molar-refractivity contribution in [2.75, 3.05) is 5.32 Å². The molecule has 18 heavy (non-hydrogen) atoms. The molecule has 1 fully saturated rings. The van der Waals surface area contributed by atoms with Gasteiger partial charge in [0.25, 0.3) is 0 Å². The summed E-state index contributed by atoms with van der Waals surface area (Å²) in [6, 6.07) is 3.60. The zero-order valence-corrected chi connectivity index (χ0v) is 12.4. The van der Waals surface area contributed by atoms with Gasteiger partial charge in [-0.15, -0.1) is 0 Å². The minimum Gasteiger partial charge on any atom is -0.392 e. The predicted molar refractivity (Wildman–Crippen MR) is 78.4 cm³/mol. The summed E-state index contributed by atoms with van der Waals surface area (Å²) in [4.78, 5) is 16.8. The Balaban J connectivity index is 2.16. The van der Waals surface area contributed by atoms with Gasteiger partial charge in [0.2, 0.25) is 5.91 Å². The van der Waals surface area contributed by atoms with E-state index in [-0.39, 0.29) is 10.9 Å². The Kier molecular flexibility index (Phi) is 3.68. The van der Waals surface area contributed by atoms with Gasteiger partial charge in [0, 0.05) is 4.47 Å². The number of nitrogens with zero attached hydrogens (tertiary/aromatic N) is 1. The van der Waals surface area contributed by atoms with Gasteiger partial charge in [-0.05, 0) is 47.8 Å². The van der Waals surface area contributed by atoms with Gasteiger partial charge in [0.05, 0.1) is 16.1 Å². The average Bonchev–Trinajstić information content (AvgIpc) is 2.21. The SMILES string of the molecule is Cc1nc(NC(=O)C2(C(N)=S)CCC2)ccc1Br. The van der Waals surface area contributed by atoms with Crippen molar-refractivity contribution in [3.05, 3.63) is 22.3 Å². The number of hydrogen-bond acceptors (Lipinski definition) is 3. The highest BCUT2D eigenvalue weighted by Crippen LogP contribution is 2.42. The highest BCUT2D eigenvalue weighted by molar-refractivity contribution is 9.10. The van der Waals surface area contributed by atoms with Gasteiger partial charge in [0.1, 0.15) is 5.82 Å². The van der Waals surface area contributed by atoms with Gasteiger partial charge in [-0.2, -0.15) is 0 Å². The molecule has 0 saturated heterocycles. The molecule has 96 valence electrons. The summed E-state index contributed by atoms with van der Waals surface area (Å²) in [5.41, 5.74) is 5.84. The normalized spacial score (nSPS) is 16.8. The second kappa shape index (κ2) is 4.93. The molecule has 0 aromatic carbocycles. The molecule has 1 amide bonds. The Morgan fingerprint density at radius 2 is 2.22 bits per heavy atom. The Morgan fingerprint density at radius 3 is 2.67 bits per heavy atom. The smallest absolute Gasteiger partial charge is 0.238 e. The zero-order valence-electron chi connectivity index (χ0n) is 10.00. The topological polar surface area (TPSA) is 68.0 Å². The van der Waals surface area contributed by atoms with Crippen molar-refractivity contribution < 1.29 is 4.79 Å². The van der Waals surface area contributed by atoms with Crippen LogP contribution in [0, 0.1) is 12.3 Å². The van der Waals surface area contributed by atoms with E-state index in [9.17, 15) is 4.79 Å². The fraction of sp³-hybridized carbons (Fsp3) is 0.417. The predicted octanol–water partition coefficient (Wildman–Crippen LogP) is 2.55. The van der Waals surface area contributed by atoms with Crippen LogP contribution in [0.3, 0.4) is 0 Å². The maximum absolute atomic E-state index is 12.2. The first-order valence-electron chi connectivity index (χ1n) is 5.70. The van der Waals surface area contributed by atoms with E-state index in [4.69, 9.17) is 18.0 Å². The summed E-state index contributed by atoms with van der Waals surface area (Å²) in [6.45, 7) is 1.87. The van der Waals surface area contributed by atoms with Crippen molar-refractivity contribution in [3.8, 4) is 0 Å². The van der Waals surface area contributed by atoms with Crippen molar-refractivity contribution in [2.24, 2.45) is 11.1 Å². The number of carbonyl (C=O) groups excluding carboxylic acids is 1. The van der Waals surface area contributed by atoms with Crippen LogP contribution in [0.25, 0.3) is 0 Å². The lowest BCUT2D eigenvalue weighted by molar-refractivity contribution is -0.125. The van der Waals surface area contributed by atoms with E-state index in [1.165, 1.54) is 0 Å². The van der Waals surface area contributed by atoms with Gasteiger partial charge in [0.15, 0.2) is 0 Å².